The zero-order chi connectivity index (χ0) is 13.7. The van der Waals surface area contributed by atoms with Crippen LogP contribution < -0.4 is 10.5 Å². The van der Waals surface area contributed by atoms with E-state index in [1.807, 2.05) is 4.90 Å². The van der Waals surface area contributed by atoms with Crippen LogP contribution in [0.15, 0.2) is 24.3 Å². The average molecular weight is 283 g/mol. The number of halogens is 1. The maximum absolute atomic E-state index is 11.9. The molecule has 104 valence electrons. The van der Waals surface area contributed by atoms with Crippen LogP contribution in [0.25, 0.3) is 0 Å². The van der Waals surface area contributed by atoms with Gasteiger partial charge in [0.2, 0.25) is 5.91 Å². The van der Waals surface area contributed by atoms with Gasteiger partial charge in [0.1, 0.15) is 5.75 Å². The Morgan fingerprint density at radius 3 is 2.58 bits per heavy atom. The smallest absolute Gasteiger partial charge is 0.225 e. The SMILES string of the molecule is NC1CCN(C(=O)CCOc2ccc(Cl)cc2)CC1. The number of piperidine rings is 1. The minimum absolute atomic E-state index is 0.140. The third kappa shape index (κ3) is 4.40. The van der Waals surface area contributed by atoms with Crippen molar-refractivity contribution in [3.63, 3.8) is 0 Å². The van der Waals surface area contributed by atoms with Crippen molar-refractivity contribution in [3.05, 3.63) is 29.3 Å². The predicted molar refractivity (Wildman–Crippen MR) is 75.4 cm³/mol. The Balaban J connectivity index is 1.70. The number of nitrogens with two attached hydrogens (primary N) is 1. The molecule has 0 saturated carbocycles. The Labute approximate surface area is 118 Å². The Bertz CT molecular complexity index is 414. The van der Waals surface area contributed by atoms with E-state index in [4.69, 9.17) is 22.1 Å². The minimum Gasteiger partial charge on any atom is -0.493 e. The number of nitrogens with zero attached hydrogens (tertiary/aromatic N) is 1. The summed E-state index contributed by atoms with van der Waals surface area (Å²) in [6.45, 7) is 1.92. The van der Waals surface area contributed by atoms with Crippen molar-refractivity contribution in [2.45, 2.75) is 25.3 Å². The van der Waals surface area contributed by atoms with Gasteiger partial charge in [-0.2, -0.15) is 0 Å². The maximum atomic E-state index is 11.9. The molecule has 0 aliphatic carbocycles. The summed E-state index contributed by atoms with van der Waals surface area (Å²) in [6.07, 6.45) is 2.19. The number of benzene rings is 1. The highest BCUT2D eigenvalue weighted by atomic mass is 35.5. The summed E-state index contributed by atoms with van der Waals surface area (Å²) in [6, 6.07) is 7.38. The van der Waals surface area contributed by atoms with Crippen LogP contribution in [0.4, 0.5) is 0 Å². The third-order valence-electron chi connectivity index (χ3n) is 3.29. The Kier molecular flexibility index (Phi) is 5.05. The molecule has 0 radical (unpaired) electrons. The van der Waals surface area contributed by atoms with Crippen molar-refractivity contribution in [2.24, 2.45) is 5.73 Å². The second-order valence-corrected chi connectivity index (χ2v) is 5.21. The fourth-order valence-corrected chi connectivity index (χ4v) is 2.22. The van der Waals surface area contributed by atoms with E-state index < -0.39 is 0 Å². The van der Waals surface area contributed by atoms with Gasteiger partial charge in [-0.25, -0.2) is 0 Å². The van der Waals surface area contributed by atoms with E-state index in [0.717, 1.165) is 31.7 Å². The molecular formula is C14H19ClN2O2. The molecule has 0 unspecified atom stereocenters. The Morgan fingerprint density at radius 2 is 1.95 bits per heavy atom. The van der Waals surface area contributed by atoms with Crippen LogP contribution in [-0.4, -0.2) is 36.5 Å². The summed E-state index contributed by atoms with van der Waals surface area (Å²) in [4.78, 5) is 13.8. The molecule has 0 bridgehead atoms. The van der Waals surface area contributed by atoms with E-state index in [1.165, 1.54) is 0 Å². The van der Waals surface area contributed by atoms with Gasteiger partial charge in [-0.15, -0.1) is 0 Å². The number of rotatable bonds is 4. The highest BCUT2D eigenvalue weighted by Crippen LogP contribution is 2.16. The average Bonchev–Trinajstić information content (AvgIpc) is 2.41. The molecule has 0 aromatic heterocycles. The fraction of sp³-hybridized carbons (Fsp3) is 0.500. The lowest BCUT2D eigenvalue weighted by Crippen LogP contribution is -2.43. The van der Waals surface area contributed by atoms with E-state index in [-0.39, 0.29) is 11.9 Å². The first-order valence-corrected chi connectivity index (χ1v) is 6.94. The molecule has 1 heterocycles. The lowest BCUT2D eigenvalue weighted by atomic mass is 10.1. The zero-order valence-electron chi connectivity index (χ0n) is 10.8. The molecule has 5 heteroatoms. The van der Waals surface area contributed by atoms with Crippen LogP contribution in [0.1, 0.15) is 19.3 Å². The summed E-state index contributed by atoms with van der Waals surface area (Å²) in [5.74, 6) is 0.874. The molecule has 19 heavy (non-hydrogen) atoms. The predicted octanol–water partition coefficient (Wildman–Crippen LogP) is 2.06. The van der Waals surface area contributed by atoms with Gasteiger partial charge in [0.25, 0.3) is 0 Å². The number of carbonyl (C=O) groups is 1. The molecule has 0 spiro atoms. The lowest BCUT2D eigenvalue weighted by Gasteiger charge is -2.30. The summed E-state index contributed by atoms with van der Waals surface area (Å²) >= 11 is 5.78. The number of ether oxygens (including phenoxy) is 1. The van der Waals surface area contributed by atoms with Crippen molar-refractivity contribution in [3.8, 4) is 5.75 Å². The maximum Gasteiger partial charge on any atom is 0.225 e. The van der Waals surface area contributed by atoms with Crippen molar-refractivity contribution in [1.82, 2.24) is 4.90 Å². The van der Waals surface area contributed by atoms with Crippen molar-refractivity contribution in [1.29, 1.82) is 0 Å². The van der Waals surface area contributed by atoms with Gasteiger partial charge < -0.3 is 15.4 Å². The van der Waals surface area contributed by atoms with E-state index in [0.29, 0.717) is 18.1 Å². The summed E-state index contributed by atoms with van der Waals surface area (Å²) in [5.41, 5.74) is 5.81. The largest absolute Gasteiger partial charge is 0.493 e. The first-order chi connectivity index (χ1) is 9.15. The van der Waals surface area contributed by atoms with Crippen LogP contribution >= 0.6 is 11.6 Å². The van der Waals surface area contributed by atoms with Crippen LogP contribution in [0.3, 0.4) is 0 Å². The van der Waals surface area contributed by atoms with Crippen LogP contribution in [0, 0.1) is 0 Å². The van der Waals surface area contributed by atoms with Crippen LogP contribution in [0.2, 0.25) is 5.02 Å². The summed E-state index contributed by atoms with van der Waals surface area (Å²) < 4.78 is 5.51. The van der Waals surface area contributed by atoms with Crippen molar-refractivity contribution in [2.75, 3.05) is 19.7 Å². The number of hydrogen-bond acceptors (Lipinski definition) is 3. The van der Waals surface area contributed by atoms with E-state index in [2.05, 4.69) is 0 Å². The van der Waals surface area contributed by atoms with Gasteiger partial charge in [-0.3, -0.25) is 4.79 Å². The van der Waals surface area contributed by atoms with Crippen molar-refractivity contribution >= 4 is 17.5 Å². The lowest BCUT2D eigenvalue weighted by molar-refractivity contribution is -0.132. The van der Waals surface area contributed by atoms with Crippen molar-refractivity contribution < 1.29 is 9.53 Å². The Hall–Kier alpha value is -1.26. The fourth-order valence-electron chi connectivity index (χ4n) is 2.09. The standard InChI is InChI=1S/C14H19ClN2O2/c15-11-1-3-13(4-2-11)19-10-7-14(18)17-8-5-12(16)6-9-17/h1-4,12H,5-10,16H2. The van der Waals surface area contributed by atoms with E-state index in [1.54, 1.807) is 24.3 Å². The second kappa shape index (κ2) is 6.78. The van der Waals surface area contributed by atoms with E-state index in [9.17, 15) is 4.79 Å². The summed E-state index contributed by atoms with van der Waals surface area (Å²) in [7, 11) is 0. The molecule has 4 nitrogen and oxygen atoms in total. The number of carbonyl (C=O) groups excluding carboxylic acids is 1. The monoisotopic (exact) mass is 282 g/mol. The zero-order valence-corrected chi connectivity index (χ0v) is 11.6. The molecule has 1 aromatic rings. The third-order valence-corrected chi connectivity index (χ3v) is 3.54. The normalized spacial score (nSPS) is 16.4. The first-order valence-electron chi connectivity index (χ1n) is 6.57. The minimum atomic E-state index is 0.140. The topological polar surface area (TPSA) is 55.6 Å². The van der Waals surface area contributed by atoms with Crippen LogP contribution in [-0.2, 0) is 4.79 Å². The highest BCUT2D eigenvalue weighted by molar-refractivity contribution is 6.30. The van der Waals surface area contributed by atoms with Gasteiger partial charge in [0.05, 0.1) is 13.0 Å². The van der Waals surface area contributed by atoms with Gasteiger partial charge >= 0.3 is 0 Å². The molecule has 1 aliphatic rings. The highest BCUT2D eigenvalue weighted by Gasteiger charge is 2.20. The molecule has 1 aromatic carbocycles. The number of amides is 1. The number of likely N-dealkylation sites (tertiary alicyclic amines) is 1. The van der Waals surface area contributed by atoms with Gasteiger partial charge in [-0.1, -0.05) is 11.6 Å². The first kappa shape index (κ1) is 14.2. The van der Waals surface area contributed by atoms with Crippen LogP contribution in [0.5, 0.6) is 5.75 Å². The molecule has 2 N–H and O–H groups in total. The summed E-state index contributed by atoms with van der Waals surface area (Å²) in [5, 5.41) is 0.674. The molecule has 1 aliphatic heterocycles. The molecular weight excluding hydrogens is 264 g/mol. The van der Waals surface area contributed by atoms with Gasteiger partial charge in [0, 0.05) is 24.2 Å². The van der Waals surface area contributed by atoms with Gasteiger partial charge in [0.15, 0.2) is 0 Å². The molecule has 1 amide bonds. The molecule has 1 fully saturated rings. The molecule has 1 saturated heterocycles. The van der Waals surface area contributed by atoms with Gasteiger partial charge in [-0.05, 0) is 37.1 Å². The van der Waals surface area contributed by atoms with E-state index >= 15 is 0 Å². The Morgan fingerprint density at radius 1 is 1.32 bits per heavy atom. The quantitative estimate of drug-likeness (QED) is 0.920. The molecule has 2 rings (SSSR count). The number of hydrogen-bond donors (Lipinski definition) is 1. The molecule has 0 atom stereocenters. The second-order valence-electron chi connectivity index (χ2n) is 4.77.